The zero-order valence-corrected chi connectivity index (χ0v) is 16.6. The lowest BCUT2D eigenvalue weighted by atomic mass is 10.1. The first-order valence-electron chi connectivity index (χ1n) is 8.27. The van der Waals surface area contributed by atoms with E-state index in [0.717, 1.165) is 22.2 Å². The lowest BCUT2D eigenvalue weighted by Crippen LogP contribution is -2.11. The van der Waals surface area contributed by atoms with Gasteiger partial charge in [0.2, 0.25) is 0 Å². The van der Waals surface area contributed by atoms with Gasteiger partial charge in [-0.15, -0.1) is 0 Å². The van der Waals surface area contributed by atoms with Crippen molar-refractivity contribution in [2.24, 2.45) is 0 Å². The first-order valence-corrected chi connectivity index (χ1v) is 10.6. The molecule has 0 fully saturated rings. The Hall–Kier alpha value is -3.11. The third-order valence-electron chi connectivity index (χ3n) is 4.10. The zero-order chi connectivity index (χ0) is 19.7. The maximum atomic E-state index is 12.7. The van der Waals surface area contributed by atoms with E-state index in [2.05, 4.69) is 30.8 Å². The molecular formula is C18H16N6O2S2. The van der Waals surface area contributed by atoms with Crippen LogP contribution in [0.3, 0.4) is 0 Å². The molecule has 0 radical (unpaired) electrons. The average molecular weight is 413 g/mol. The Morgan fingerprint density at radius 2 is 2.00 bits per heavy atom. The second kappa shape index (κ2) is 7.49. The summed E-state index contributed by atoms with van der Waals surface area (Å²) in [7, 11) is -1.08. The van der Waals surface area contributed by atoms with Crippen molar-refractivity contribution in [1.82, 2.24) is 20.2 Å². The van der Waals surface area contributed by atoms with E-state index in [4.69, 9.17) is 0 Å². The normalized spacial score (nSPS) is 12.1. The Labute approximate surface area is 166 Å². The van der Waals surface area contributed by atoms with Gasteiger partial charge in [0, 0.05) is 17.8 Å². The number of amides is 1. The van der Waals surface area contributed by atoms with Crippen molar-refractivity contribution >= 4 is 55.6 Å². The van der Waals surface area contributed by atoms with Crippen LogP contribution in [0.2, 0.25) is 0 Å². The summed E-state index contributed by atoms with van der Waals surface area (Å²) in [6.45, 7) is 1.93. The highest BCUT2D eigenvalue weighted by atomic mass is 32.2. The number of fused-ring (bicyclic) bond motifs is 1. The van der Waals surface area contributed by atoms with Crippen LogP contribution < -0.4 is 10.6 Å². The number of carbonyl (C=O) groups is 1. The van der Waals surface area contributed by atoms with Gasteiger partial charge in [-0.3, -0.25) is 14.1 Å². The number of thiazole rings is 1. The number of pyridine rings is 1. The molecule has 28 heavy (non-hydrogen) atoms. The predicted octanol–water partition coefficient (Wildman–Crippen LogP) is 3.46. The molecule has 3 N–H and O–H groups in total. The number of aryl methyl sites for hydroxylation is 1. The number of aromatic nitrogens is 4. The second-order valence-corrected chi connectivity index (χ2v) is 8.44. The number of nitrogens with one attached hydrogen (secondary N) is 3. The lowest BCUT2D eigenvalue weighted by Gasteiger charge is -2.08. The first kappa shape index (κ1) is 18.3. The summed E-state index contributed by atoms with van der Waals surface area (Å²) in [6.07, 6.45) is 6.36. The number of benzene rings is 1. The van der Waals surface area contributed by atoms with E-state index >= 15 is 0 Å². The monoisotopic (exact) mass is 412 g/mol. The second-order valence-electron chi connectivity index (χ2n) is 6.03. The minimum Gasteiger partial charge on any atom is -0.320 e. The molecule has 8 nitrogen and oxygen atoms in total. The molecule has 1 atom stereocenters. The largest absolute Gasteiger partial charge is 0.320 e. The number of carbonyl (C=O) groups excluding carboxylic acids is 1. The van der Waals surface area contributed by atoms with E-state index in [1.54, 1.807) is 30.8 Å². The number of anilines is 3. The van der Waals surface area contributed by atoms with E-state index in [-0.39, 0.29) is 5.91 Å². The summed E-state index contributed by atoms with van der Waals surface area (Å²) in [5, 5.41) is 14.3. The average Bonchev–Trinajstić information content (AvgIpc) is 3.34. The number of hydrogen-bond donors (Lipinski definition) is 3. The van der Waals surface area contributed by atoms with Crippen LogP contribution >= 0.6 is 11.3 Å². The molecule has 0 aliphatic rings. The Balaban J connectivity index is 1.50. The van der Waals surface area contributed by atoms with Crippen LogP contribution in [0, 0.1) is 6.92 Å². The van der Waals surface area contributed by atoms with Gasteiger partial charge in [-0.05, 0) is 30.7 Å². The van der Waals surface area contributed by atoms with Crippen LogP contribution in [0.1, 0.15) is 15.2 Å². The highest BCUT2D eigenvalue weighted by Gasteiger charge is 2.15. The fraction of sp³-hybridized carbons (Fsp3) is 0.111. The number of H-pyrrole nitrogens is 1. The Kier molecular flexibility index (Phi) is 4.88. The van der Waals surface area contributed by atoms with Crippen molar-refractivity contribution in [3.05, 3.63) is 53.3 Å². The molecule has 0 saturated carbocycles. The van der Waals surface area contributed by atoms with Crippen molar-refractivity contribution < 1.29 is 9.00 Å². The Morgan fingerprint density at radius 1 is 1.14 bits per heavy atom. The van der Waals surface area contributed by atoms with Gasteiger partial charge in [-0.2, -0.15) is 5.10 Å². The molecule has 10 heteroatoms. The van der Waals surface area contributed by atoms with E-state index in [9.17, 15) is 9.00 Å². The van der Waals surface area contributed by atoms with Gasteiger partial charge in [0.05, 0.1) is 39.3 Å². The predicted molar refractivity (Wildman–Crippen MR) is 111 cm³/mol. The fourth-order valence-electron chi connectivity index (χ4n) is 2.64. The summed E-state index contributed by atoms with van der Waals surface area (Å²) in [4.78, 5) is 22.2. The van der Waals surface area contributed by atoms with E-state index < -0.39 is 10.8 Å². The quantitative estimate of drug-likeness (QED) is 0.463. The van der Waals surface area contributed by atoms with Crippen LogP contribution in [0.25, 0.3) is 10.9 Å². The molecule has 1 amide bonds. The number of aromatic amines is 1. The number of hydrogen-bond acceptors (Lipinski definition) is 7. The Bertz CT molecular complexity index is 1180. The third kappa shape index (κ3) is 3.64. The molecule has 3 aromatic heterocycles. The molecule has 4 rings (SSSR count). The maximum Gasteiger partial charge on any atom is 0.267 e. The fourth-order valence-corrected chi connectivity index (χ4v) is 3.82. The van der Waals surface area contributed by atoms with Gasteiger partial charge < -0.3 is 10.6 Å². The van der Waals surface area contributed by atoms with Gasteiger partial charge in [-0.25, -0.2) is 9.97 Å². The maximum absolute atomic E-state index is 12.7. The molecular weight excluding hydrogens is 396 g/mol. The van der Waals surface area contributed by atoms with Gasteiger partial charge in [0.1, 0.15) is 10.7 Å². The van der Waals surface area contributed by atoms with Gasteiger partial charge in [0.25, 0.3) is 5.91 Å². The minimum absolute atomic E-state index is 0.243. The molecule has 0 bridgehead atoms. The van der Waals surface area contributed by atoms with E-state index in [1.165, 1.54) is 17.5 Å². The Morgan fingerprint density at radius 3 is 2.75 bits per heavy atom. The van der Waals surface area contributed by atoms with Crippen molar-refractivity contribution in [2.75, 3.05) is 16.9 Å². The summed E-state index contributed by atoms with van der Waals surface area (Å²) >= 11 is 1.22. The van der Waals surface area contributed by atoms with E-state index in [1.807, 2.05) is 19.1 Å². The van der Waals surface area contributed by atoms with Crippen LogP contribution in [0.4, 0.5) is 16.6 Å². The van der Waals surface area contributed by atoms with Crippen molar-refractivity contribution in [3.8, 4) is 0 Å². The molecule has 3 heterocycles. The molecule has 0 saturated heterocycles. The highest BCUT2D eigenvalue weighted by Crippen LogP contribution is 2.28. The topological polar surface area (TPSA) is 113 Å². The molecule has 0 aliphatic carbocycles. The number of rotatable bonds is 5. The minimum atomic E-state index is -1.08. The molecule has 4 aromatic rings. The first-order chi connectivity index (χ1) is 13.5. The third-order valence-corrected chi connectivity index (χ3v) is 5.92. The van der Waals surface area contributed by atoms with Crippen LogP contribution in [0.5, 0.6) is 0 Å². The molecule has 0 spiro atoms. The van der Waals surface area contributed by atoms with Crippen LogP contribution in [0.15, 0.2) is 47.8 Å². The number of nitrogens with zero attached hydrogens (tertiary/aromatic N) is 3. The zero-order valence-electron chi connectivity index (χ0n) is 15.0. The van der Waals surface area contributed by atoms with E-state index in [0.29, 0.717) is 20.7 Å². The smallest absolute Gasteiger partial charge is 0.267 e. The van der Waals surface area contributed by atoms with Crippen molar-refractivity contribution in [2.45, 2.75) is 11.8 Å². The van der Waals surface area contributed by atoms with Gasteiger partial charge in [-0.1, -0.05) is 17.4 Å². The molecule has 1 unspecified atom stereocenters. The lowest BCUT2D eigenvalue weighted by molar-refractivity contribution is 0.103. The SMILES string of the molecule is Cc1ccc2[nH]ncc2c1NC(=O)c1cnc(Nc2ccc(S(C)=O)cn2)s1. The molecule has 0 aliphatic heterocycles. The molecule has 1 aromatic carbocycles. The summed E-state index contributed by atoms with van der Waals surface area (Å²) < 4.78 is 11.4. The van der Waals surface area contributed by atoms with Crippen molar-refractivity contribution in [1.29, 1.82) is 0 Å². The highest BCUT2D eigenvalue weighted by molar-refractivity contribution is 7.84. The summed E-state index contributed by atoms with van der Waals surface area (Å²) in [6, 6.07) is 7.31. The van der Waals surface area contributed by atoms with Crippen molar-refractivity contribution in [3.63, 3.8) is 0 Å². The summed E-state index contributed by atoms with van der Waals surface area (Å²) in [5.41, 5.74) is 2.53. The van der Waals surface area contributed by atoms with Gasteiger partial charge >= 0.3 is 0 Å². The van der Waals surface area contributed by atoms with Gasteiger partial charge in [0.15, 0.2) is 5.13 Å². The van der Waals surface area contributed by atoms with Crippen LogP contribution in [-0.4, -0.2) is 36.5 Å². The summed E-state index contributed by atoms with van der Waals surface area (Å²) in [5.74, 6) is 0.321. The van der Waals surface area contributed by atoms with Crippen LogP contribution in [-0.2, 0) is 10.8 Å². The standard InChI is InChI=1S/C18H16N6O2S2/c1-10-3-5-13-12(8-21-24-13)16(10)23-17(25)14-9-20-18(27-14)22-15-6-4-11(7-19-15)28(2)26/h3-9H,1-2H3,(H,21,24)(H,23,25)(H,19,20,22). The molecule has 142 valence electrons.